The third-order valence-corrected chi connectivity index (χ3v) is 13.3. The summed E-state index contributed by atoms with van der Waals surface area (Å²) in [5, 5.41) is 0. The van der Waals surface area contributed by atoms with Gasteiger partial charge in [-0.25, -0.2) is 15.0 Å². The summed E-state index contributed by atoms with van der Waals surface area (Å²) >= 11 is 0. The number of nitrogens with zero attached hydrogens (tertiary/aromatic N) is 3. The first-order valence-corrected chi connectivity index (χ1v) is 19.1. The third kappa shape index (κ3) is 3.94. The monoisotopic (exact) mass is 667 g/mol. The second kappa shape index (κ2) is 10.7. The number of hydrogen-bond donors (Lipinski definition) is 0. The van der Waals surface area contributed by atoms with Crippen molar-refractivity contribution in [1.29, 1.82) is 0 Å². The van der Waals surface area contributed by atoms with Gasteiger partial charge >= 0.3 is 0 Å². The van der Waals surface area contributed by atoms with Crippen LogP contribution < -0.4 is 0 Å². The molecule has 0 N–H and O–H groups in total. The Morgan fingerprint density at radius 1 is 0.365 bits per heavy atom. The zero-order valence-corrected chi connectivity index (χ0v) is 29.0. The first-order chi connectivity index (χ1) is 25.7. The van der Waals surface area contributed by atoms with Gasteiger partial charge in [0.15, 0.2) is 17.5 Å². The molecule has 0 radical (unpaired) electrons. The summed E-state index contributed by atoms with van der Waals surface area (Å²) in [7, 11) is 0. The van der Waals surface area contributed by atoms with Gasteiger partial charge in [0.25, 0.3) is 0 Å². The van der Waals surface area contributed by atoms with Crippen LogP contribution in [0.3, 0.4) is 0 Å². The van der Waals surface area contributed by atoms with E-state index in [1.54, 1.807) is 11.1 Å². The summed E-state index contributed by atoms with van der Waals surface area (Å²) in [6.45, 7) is 0. The number of rotatable bonds is 3. The van der Waals surface area contributed by atoms with E-state index in [4.69, 9.17) is 15.0 Å². The second-order valence-electron chi connectivity index (χ2n) is 16.0. The molecule has 0 amide bonds. The summed E-state index contributed by atoms with van der Waals surface area (Å²) in [6, 6.07) is 51.3. The molecule has 0 saturated heterocycles. The molecule has 1 spiro atoms. The second-order valence-corrected chi connectivity index (χ2v) is 16.0. The highest BCUT2D eigenvalue weighted by Crippen LogP contribution is 2.65. The maximum Gasteiger partial charge on any atom is 0.164 e. The molecule has 6 aliphatic carbocycles. The Hall–Kier alpha value is -5.67. The molecule has 6 aliphatic rings. The Labute approximate surface area is 304 Å². The van der Waals surface area contributed by atoms with Crippen LogP contribution >= 0.6 is 0 Å². The molecule has 2 fully saturated rings. The van der Waals surface area contributed by atoms with E-state index in [1.165, 1.54) is 76.6 Å². The van der Waals surface area contributed by atoms with Crippen molar-refractivity contribution in [1.82, 2.24) is 15.0 Å². The minimum absolute atomic E-state index is 0.413. The van der Waals surface area contributed by atoms with Crippen LogP contribution in [0.15, 0.2) is 140 Å². The van der Waals surface area contributed by atoms with Crippen molar-refractivity contribution in [3.05, 3.63) is 173 Å². The number of fused-ring (bicyclic) bond motifs is 10. The minimum Gasteiger partial charge on any atom is -0.208 e. The smallest absolute Gasteiger partial charge is 0.164 e. The van der Waals surface area contributed by atoms with E-state index in [0.717, 1.165) is 28.5 Å². The fourth-order valence-corrected chi connectivity index (χ4v) is 11.4. The average Bonchev–Trinajstić information content (AvgIpc) is 3.60. The predicted molar refractivity (Wildman–Crippen MR) is 208 cm³/mol. The molecule has 4 bridgehead atoms. The van der Waals surface area contributed by atoms with E-state index in [2.05, 4.69) is 103 Å². The summed E-state index contributed by atoms with van der Waals surface area (Å²) in [5.41, 5.74) is 16.9. The van der Waals surface area contributed by atoms with Gasteiger partial charge in [0, 0.05) is 16.7 Å². The van der Waals surface area contributed by atoms with Gasteiger partial charge in [-0.15, -0.1) is 0 Å². The molecule has 1 aromatic heterocycles. The van der Waals surface area contributed by atoms with Gasteiger partial charge in [-0.2, -0.15) is 0 Å². The molecule has 1 heterocycles. The highest BCUT2D eigenvalue weighted by atomic mass is 15.0. The van der Waals surface area contributed by atoms with Gasteiger partial charge in [-0.05, 0) is 117 Å². The maximum atomic E-state index is 5.17. The highest BCUT2D eigenvalue weighted by Gasteiger charge is 2.53. The number of hydrogen-bond acceptors (Lipinski definition) is 3. The van der Waals surface area contributed by atoms with Gasteiger partial charge in [0.05, 0.1) is 5.41 Å². The van der Waals surface area contributed by atoms with Crippen molar-refractivity contribution in [2.24, 2.45) is 11.8 Å². The highest BCUT2D eigenvalue weighted by molar-refractivity contribution is 5.96. The largest absolute Gasteiger partial charge is 0.208 e. The van der Waals surface area contributed by atoms with Crippen LogP contribution in [0, 0.1) is 11.8 Å². The van der Waals surface area contributed by atoms with Crippen LogP contribution in [-0.2, 0) is 5.41 Å². The van der Waals surface area contributed by atoms with Crippen LogP contribution in [0.2, 0.25) is 0 Å². The normalized spacial score (nSPS) is 23.8. The molecule has 248 valence electrons. The average molecular weight is 668 g/mol. The van der Waals surface area contributed by atoms with Crippen molar-refractivity contribution in [2.45, 2.75) is 49.4 Å². The Bertz CT molecular complexity index is 2520. The van der Waals surface area contributed by atoms with E-state index >= 15 is 0 Å². The lowest BCUT2D eigenvalue weighted by Crippen LogP contribution is -2.26. The fourth-order valence-electron chi connectivity index (χ4n) is 11.4. The number of aromatic nitrogens is 3. The van der Waals surface area contributed by atoms with Gasteiger partial charge in [-0.3, -0.25) is 0 Å². The van der Waals surface area contributed by atoms with Gasteiger partial charge in [-0.1, -0.05) is 133 Å². The van der Waals surface area contributed by atoms with E-state index in [9.17, 15) is 0 Å². The Morgan fingerprint density at radius 2 is 0.827 bits per heavy atom. The predicted octanol–water partition coefficient (Wildman–Crippen LogP) is 11.6. The van der Waals surface area contributed by atoms with Crippen LogP contribution in [0.1, 0.15) is 77.3 Å². The van der Waals surface area contributed by atoms with Gasteiger partial charge < -0.3 is 0 Å². The Morgan fingerprint density at radius 3 is 1.42 bits per heavy atom. The van der Waals surface area contributed by atoms with Crippen molar-refractivity contribution in [2.75, 3.05) is 0 Å². The van der Waals surface area contributed by atoms with Crippen molar-refractivity contribution in [3.63, 3.8) is 0 Å². The van der Waals surface area contributed by atoms with Crippen LogP contribution in [0.25, 0.3) is 56.4 Å². The molecular formula is C49H37N3. The molecule has 2 saturated carbocycles. The van der Waals surface area contributed by atoms with Crippen LogP contribution in [0.5, 0.6) is 0 Å². The lowest BCUT2D eigenvalue weighted by molar-refractivity contribution is 0.166. The first-order valence-electron chi connectivity index (χ1n) is 19.1. The molecule has 13 rings (SSSR count). The quantitative estimate of drug-likeness (QED) is 0.188. The third-order valence-electron chi connectivity index (χ3n) is 13.3. The van der Waals surface area contributed by atoms with Crippen molar-refractivity contribution >= 4 is 0 Å². The molecule has 0 aliphatic heterocycles. The zero-order chi connectivity index (χ0) is 34.0. The van der Waals surface area contributed by atoms with Crippen molar-refractivity contribution in [3.8, 4) is 56.4 Å². The van der Waals surface area contributed by atoms with E-state index in [-0.39, 0.29) is 0 Å². The van der Waals surface area contributed by atoms with Crippen molar-refractivity contribution < 1.29 is 0 Å². The molecule has 3 nitrogen and oxygen atoms in total. The summed E-state index contributed by atoms with van der Waals surface area (Å²) < 4.78 is 0. The Kier molecular flexibility index (Phi) is 5.95. The topological polar surface area (TPSA) is 38.7 Å². The molecule has 52 heavy (non-hydrogen) atoms. The van der Waals surface area contributed by atoms with Gasteiger partial charge in [0.1, 0.15) is 0 Å². The van der Waals surface area contributed by atoms with Gasteiger partial charge in [0.2, 0.25) is 0 Å². The standard InChI is InChI=1S/C49H37N3/c1-3-11-31(12-4-1)46-50-47(32-13-5-2-6-14-32)52-48(51-46)33-19-20-38-36-15-7-9-17-42(36)49(44(38)26-33)43-18-10-8-16-37(43)41-27-39-34-22-29-21-30(23-34)25-35(24-29)40(39)28-45(41)49/h1-20,26-30,34-35H,21-25H2. The molecule has 3 unspecified atom stereocenters. The maximum absolute atomic E-state index is 5.17. The van der Waals surface area contributed by atoms with Crippen LogP contribution in [0.4, 0.5) is 0 Å². The fraction of sp³-hybridized carbons (Fsp3) is 0.204. The zero-order valence-electron chi connectivity index (χ0n) is 29.0. The minimum atomic E-state index is -0.413. The summed E-state index contributed by atoms with van der Waals surface area (Å²) in [5.74, 6) is 5.24. The molecule has 7 aromatic rings. The molecular weight excluding hydrogens is 631 g/mol. The lowest BCUT2D eigenvalue weighted by Gasteiger charge is -2.38. The summed E-state index contributed by atoms with van der Waals surface area (Å²) in [4.78, 5) is 15.3. The molecule has 6 aromatic carbocycles. The SMILES string of the molecule is c1ccc(-c2nc(-c3ccccc3)nc(-c3ccc4c(c3)C3(c5ccccc5-4)c4ccccc4-c4cc5c(cc43)C3CC4CC(CC5C4)C3)n2)cc1. The summed E-state index contributed by atoms with van der Waals surface area (Å²) in [6.07, 6.45) is 6.93. The van der Waals surface area contributed by atoms with E-state index in [0.29, 0.717) is 29.3 Å². The number of benzene rings is 6. The Balaban J connectivity index is 1.12. The van der Waals surface area contributed by atoms with E-state index in [1.807, 2.05) is 36.4 Å². The van der Waals surface area contributed by atoms with E-state index < -0.39 is 5.41 Å². The first kappa shape index (κ1) is 29.0. The van der Waals surface area contributed by atoms with Crippen LogP contribution in [-0.4, -0.2) is 15.0 Å². The lowest BCUT2D eigenvalue weighted by atomic mass is 9.67. The molecule has 3 heteroatoms. The molecule has 3 atom stereocenters.